The summed E-state index contributed by atoms with van der Waals surface area (Å²) in [7, 11) is 1.69. The summed E-state index contributed by atoms with van der Waals surface area (Å²) < 4.78 is 0. The maximum Gasteiger partial charge on any atom is 0.227 e. The first kappa shape index (κ1) is 12.6. The van der Waals surface area contributed by atoms with Crippen molar-refractivity contribution >= 4 is 17.5 Å². The van der Waals surface area contributed by atoms with Crippen LogP contribution in [0.15, 0.2) is 34.3 Å². The molecule has 0 radical (unpaired) electrons. The maximum atomic E-state index is 6.23. The van der Waals surface area contributed by atoms with Crippen LogP contribution in [0.2, 0.25) is 0 Å². The Morgan fingerprint density at radius 2 is 1.89 bits per heavy atom. The van der Waals surface area contributed by atoms with E-state index in [2.05, 4.69) is 9.98 Å². The molecule has 2 rings (SSSR count). The van der Waals surface area contributed by atoms with Crippen molar-refractivity contribution in [2.45, 2.75) is 20.0 Å². The SMILES string of the molecule is CN=C1N=C(N)C(C)C(N)N1c1ccc(C)cc1. The average Bonchev–Trinajstić information content (AvgIpc) is 2.37. The fourth-order valence-corrected chi connectivity index (χ4v) is 1.95. The van der Waals surface area contributed by atoms with Crippen LogP contribution in [0, 0.1) is 12.8 Å². The van der Waals surface area contributed by atoms with Gasteiger partial charge in [0, 0.05) is 18.7 Å². The Balaban J connectivity index is 2.45. The minimum absolute atomic E-state index is 0.00296. The van der Waals surface area contributed by atoms with Gasteiger partial charge in [0.15, 0.2) is 0 Å². The molecule has 5 nitrogen and oxygen atoms in total. The van der Waals surface area contributed by atoms with Gasteiger partial charge in [0.25, 0.3) is 0 Å². The van der Waals surface area contributed by atoms with Crippen LogP contribution >= 0.6 is 0 Å². The highest BCUT2D eigenvalue weighted by molar-refractivity contribution is 6.07. The van der Waals surface area contributed by atoms with Crippen LogP contribution in [0.25, 0.3) is 0 Å². The number of amidine groups is 1. The molecule has 1 aromatic rings. The van der Waals surface area contributed by atoms with E-state index in [1.807, 2.05) is 43.0 Å². The van der Waals surface area contributed by atoms with Crippen LogP contribution in [0.4, 0.5) is 5.69 Å². The van der Waals surface area contributed by atoms with E-state index in [-0.39, 0.29) is 12.1 Å². The first-order chi connectivity index (χ1) is 8.54. The third kappa shape index (κ3) is 2.09. The van der Waals surface area contributed by atoms with Crippen molar-refractivity contribution in [1.29, 1.82) is 0 Å². The highest BCUT2D eigenvalue weighted by Gasteiger charge is 2.31. The Labute approximate surface area is 107 Å². The largest absolute Gasteiger partial charge is 0.387 e. The van der Waals surface area contributed by atoms with Crippen LogP contribution in [-0.2, 0) is 0 Å². The topological polar surface area (TPSA) is 80.0 Å². The first-order valence-electron chi connectivity index (χ1n) is 5.97. The van der Waals surface area contributed by atoms with Crippen molar-refractivity contribution in [3.05, 3.63) is 29.8 Å². The summed E-state index contributed by atoms with van der Waals surface area (Å²) in [4.78, 5) is 10.4. The molecule has 96 valence electrons. The summed E-state index contributed by atoms with van der Waals surface area (Å²) in [6, 6.07) is 8.12. The Hall–Kier alpha value is -1.88. The van der Waals surface area contributed by atoms with E-state index >= 15 is 0 Å². The minimum Gasteiger partial charge on any atom is -0.387 e. The molecule has 0 saturated heterocycles. The molecule has 0 aliphatic carbocycles. The molecule has 1 heterocycles. The quantitative estimate of drug-likeness (QED) is 0.777. The third-order valence-electron chi connectivity index (χ3n) is 3.23. The van der Waals surface area contributed by atoms with E-state index < -0.39 is 0 Å². The second kappa shape index (κ2) is 4.78. The lowest BCUT2D eigenvalue weighted by atomic mass is 10.0. The number of aryl methyl sites for hydroxylation is 1. The molecule has 0 saturated carbocycles. The van der Waals surface area contributed by atoms with Gasteiger partial charge in [0.1, 0.15) is 5.84 Å². The molecule has 18 heavy (non-hydrogen) atoms. The fourth-order valence-electron chi connectivity index (χ4n) is 1.95. The molecule has 1 aromatic carbocycles. The van der Waals surface area contributed by atoms with Gasteiger partial charge >= 0.3 is 0 Å². The summed E-state index contributed by atoms with van der Waals surface area (Å²) in [5, 5.41) is 0. The van der Waals surface area contributed by atoms with Gasteiger partial charge in [0.05, 0.1) is 6.17 Å². The van der Waals surface area contributed by atoms with Crippen LogP contribution in [-0.4, -0.2) is 25.0 Å². The molecule has 1 aliphatic heterocycles. The number of nitrogens with zero attached hydrogens (tertiary/aromatic N) is 3. The number of rotatable bonds is 1. The predicted octanol–water partition coefficient (Wildman–Crippen LogP) is 1.08. The maximum absolute atomic E-state index is 6.23. The Bertz CT molecular complexity index is 489. The molecule has 2 atom stereocenters. The van der Waals surface area contributed by atoms with Gasteiger partial charge in [-0.05, 0) is 19.1 Å². The highest BCUT2D eigenvalue weighted by atomic mass is 15.4. The number of hydrogen-bond donors (Lipinski definition) is 2. The number of hydrogen-bond acceptors (Lipinski definition) is 3. The Morgan fingerprint density at radius 1 is 1.28 bits per heavy atom. The molecule has 0 bridgehead atoms. The van der Waals surface area contributed by atoms with Gasteiger partial charge in [-0.2, -0.15) is 4.99 Å². The number of nitrogens with two attached hydrogens (primary N) is 2. The minimum atomic E-state index is -0.246. The molecular weight excluding hydrogens is 226 g/mol. The van der Waals surface area contributed by atoms with Gasteiger partial charge in [-0.1, -0.05) is 24.6 Å². The van der Waals surface area contributed by atoms with Crippen LogP contribution in [0.5, 0.6) is 0 Å². The van der Waals surface area contributed by atoms with E-state index in [1.54, 1.807) is 7.05 Å². The lowest BCUT2D eigenvalue weighted by molar-refractivity contribution is 0.564. The van der Waals surface area contributed by atoms with Crippen molar-refractivity contribution < 1.29 is 0 Å². The van der Waals surface area contributed by atoms with E-state index in [9.17, 15) is 0 Å². The van der Waals surface area contributed by atoms with Crippen molar-refractivity contribution in [3.63, 3.8) is 0 Å². The van der Waals surface area contributed by atoms with Crippen molar-refractivity contribution in [2.75, 3.05) is 11.9 Å². The molecule has 0 spiro atoms. The molecule has 5 heteroatoms. The van der Waals surface area contributed by atoms with Crippen molar-refractivity contribution in [3.8, 4) is 0 Å². The van der Waals surface area contributed by atoms with E-state index in [4.69, 9.17) is 11.5 Å². The molecule has 0 aromatic heterocycles. The molecule has 1 aliphatic rings. The molecular formula is C13H19N5. The summed E-state index contributed by atoms with van der Waals surface area (Å²) in [6.07, 6.45) is -0.246. The molecule has 0 amide bonds. The van der Waals surface area contributed by atoms with Gasteiger partial charge in [-0.3, -0.25) is 9.89 Å². The summed E-state index contributed by atoms with van der Waals surface area (Å²) in [5.74, 6) is 1.09. The number of aliphatic imine (C=N–C) groups is 2. The average molecular weight is 245 g/mol. The molecule has 0 fully saturated rings. The lowest BCUT2D eigenvalue weighted by Crippen LogP contribution is -2.56. The lowest BCUT2D eigenvalue weighted by Gasteiger charge is -2.37. The second-order valence-corrected chi connectivity index (χ2v) is 4.55. The summed E-state index contributed by atoms with van der Waals surface area (Å²) in [5.41, 5.74) is 14.3. The summed E-state index contributed by atoms with van der Waals surface area (Å²) in [6.45, 7) is 4.02. The fraction of sp³-hybridized carbons (Fsp3) is 0.385. The smallest absolute Gasteiger partial charge is 0.227 e. The van der Waals surface area contributed by atoms with Gasteiger partial charge in [0.2, 0.25) is 5.96 Å². The molecule has 4 N–H and O–H groups in total. The zero-order valence-corrected chi connectivity index (χ0v) is 11.0. The normalized spacial score (nSPS) is 26.3. The monoisotopic (exact) mass is 245 g/mol. The summed E-state index contributed by atoms with van der Waals surface area (Å²) >= 11 is 0. The van der Waals surface area contributed by atoms with E-state index in [0.29, 0.717) is 11.8 Å². The predicted molar refractivity (Wildman–Crippen MR) is 75.8 cm³/mol. The van der Waals surface area contributed by atoms with Crippen LogP contribution in [0.3, 0.4) is 0 Å². The number of benzene rings is 1. The van der Waals surface area contributed by atoms with Gasteiger partial charge in [-0.25, -0.2) is 0 Å². The zero-order valence-electron chi connectivity index (χ0n) is 11.0. The van der Waals surface area contributed by atoms with Gasteiger partial charge < -0.3 is 11.5 Å². The Morgan fingerprint density at radius 3 is 2.44 bits per heavy atom. The van der Waals surface area contributed by atoms with Crippen molar-refractivity contribution in [2.24, 2.45) is 27.4 Å². The van der Waals surface area contributed by atoms with Crippen LogP contribution < -0.4 is 16.4 Å². The van der Waals surface area contributed by atoms with Crippen LogP contribution in [0.1, 0.15) is 12.5 Å². The Kier molecular flexibility index (Phi) is 3.34. The van der Waals surface area contributed by atoms with Gasteiger partial charge in [-0.15, -0.1) is 0 Å². The van der Waals surface area contributed by atoms with Crippen molar-refractivity contribution in [1.82, 2.24) is 0 Å². The van der Waals surface area contributed by atoms with E-state index in [1.165, 1.54) is 5.56 Å². The number of guanidine groups is 1. The zero-order chi connectivity index (χ0) is 13.3. The standard InChI is InChI=1S/C13H19N5/c1-8-4-6-10(7-5-8)18-12(15)9(2)11(14)17-13(18)16-3/h4-7,9,12H,15H2,1-3H3,(H2,14,16,17). The third-order valence-corrected chi connectivity index (χ3v) is 3.23. The first-order valence-corrected chi connectivity index (χ1v) is 5.97. The highest BCUT2D eigenvalue weighted by Crippen LogP contribution is 2.23. The second-order valence-electron chi connectivity index (χ2n) is 4.55. The molecule has 2 unspecified atom stereocenters. The number of anilines is 1. The van der Waals surface area contributed by atoms with E-state index in [0.717, 1.165) is 5.69 Å².